The van der Waals surface area contributed by atoms with E-state index in [1.807, 2.05) is 26.0 Å². The van der Waals surface area contributed by atoms with Gasteiger partial charge in [-0.2, -0.15) is 0 Å². The molecule has 1 aromatic rings. The molecule has 1 aromatic carbocycles. The summed E-state index contributed by atoms with van der Waals surface area (Å²) in [6.45, 7) is 6.76. The molecule has 0 aliphatic heterocycles. The van der Waals surface area contributed by atoms with Crippen molar-refractivity contribution >= 4 is 5.91 Å². The smallest absolute Gasteiger partial charge is 0.239 e. The second-order valence-electron chi connectivity index (χ2n) is 4.72. The minimum Gasteiger partial charge on any atom is -0.492 e. The van der Waals surface area contributed by atoms with Crippen LogP contribution in [0.4, 0.5) is 0 Å². The molecule has 0 fully saturated rings. The zero-order valence-electron chi connectivity index (χ0n) is 11.6. The first-order chi connectivity index (χ1) is 8.40. The summed E-state index contributed by atoms with van der Waals surface area (Å²) in [6, 6.07) is 5.61. The monoisotopic (exact) mass is 250 g/mol. The van der Waals surface area contributed by atoms with Crippen molar-refractivity contribution in [2.75, 3.05) is 20.2 Å². The van der Waals surface area contributed by atoms with Gasteiger partial charge in [0.25, 0.3) is 0 Å². The Morgan fingerprint density at radius 1 is 1.33 bits per heavy atom. The van der Waals surface area contributed by atoms with E-state index in [0.29, 0.717) is 13.2 Å². The highest BCUT2D eigenvalue weighted by Crippen LogP contribution is 2.15. The van der Waals surface area contributed by atoms with Crippen molar-refractivity contribution in [3.8, 4) is 5.75 Å². The van der Waals surface area contributed by atoms with Gasteiger partial charge in [0.1, 0.15) is 12.4 Å². The van der Waals surface area contributed by atoms with E-state index in [1.54, 1.807) is 18.9 Å². The maximum absolute atomic E-state index is 11.5. The maximum Gasteiger partial charge on any atom is 0.239 e. The van der Waals surface area contributed by atoms with Gasteiger partial charge in [0.05, 0.1) is 12.6 Å². The van der Waals surface area contributed by atoms with Crippen LogP contribution < -0.4 is 10.5 Å². The molecule has 1 rings (SSSR count). The van der Waals surface area contributed by atoms with Crippen LogP contribution in [0.25, 0.3) is 0 Å². The predicted molar refractivity (Wildman–Crippen MR) is 72.7 cm³/mol. The normalized spacial score (nSPS) is 12.1. The third kappa shape index (κ3) is 4.37. The highest BCUT2D eigenvalue weighted by atomic mass is 16.5. The Morgan fingerprint density at radius 3 is 2.39 bits per heavy atom. The van der Waals surface area contributed by atoms with Crippen LogP contribution >= 0.6 is 0 Å². The number of ether oxygens (including phenoxy) is 1. The number of nitrogens with two attached hydrogens (primary N) is 1. The fraction of sp³-hybridized carbons (Fsp3) is 0.500. The number of rotatable bonds is 5. The molecule has 0 saturated carbocycles. The Morgan fingerprint density at radius 2 is 1.89 bits per heavy atom. The van der Waals surface area contributed by atoms with Crippen molar-refractivity contribution in [3.63, 3.8) is 0 Å². The Balaban J connectivity index is 2.44. The van der Waals surface area contributed by atoms with Crippen LogP contribution in [0.2, 0.25) is 0 Å². The molecule has 0 spiro atoms. The Kier molecular flexibility index (Phi) is 5.16. The van der Waals surface area contributed by atoms with Gasteiger partial charge in [-0.15, -0.1) is 0 Å². The Hall–Kier alpha value is -1.55. The van der Waals surface area contributed by atoms with Gasteiger partial charge in [-0.05, 0) is 44.0 Å². The molecule has 4 nitrogen and oxygen atoms in total. The first-order valence-corrected chi connectivity index (χ1v) is 6.12. The third-order valence-corrected chi connectivity index (χ3v) is 2.66. The molecule has 0 aliphatic carbocycles. The summed E-state index contributed by atoms with van der Waals surface area (Å²) in [5.41, 5.74) is 7.87. The molecule has 18 heavy (non-hydrogen) atoms. The predicted octanol–water partition coefficient (Wildman–Crippen LogP) is 1.49. The molecule has 2 N–H and O–H groups in total. The van der Waals surface area contributed by atoms with Gasteiger partial charge < -0.3 is 15.4 Å². The summed E-state index contributed by atoms with van der Waals surface area (Å²) < 4.78 is 5.63. The van der Waals surface area contributed by atoms with E-state index in [9.17, 15) is 4.79 Å². The number of benzene rings is 1. The second-order valence-corrected chi connectivity index (χ2v) is 4.72. The van der Waals surface area contributed by atoms with Crippen LogP contribution in [0.3, 0.4) is 0 Å². The average Bonchev–Trinajstić information content (AvgIpc) is 2.26. The standard InChI is InChI=1S/C14H22N2O2/c1-10-7-11(2)9-13(8-10)18-6-5-16(4)14(17)12(3)15/h7-9,12H,5-6,15H2,1-4H3. The highest BCUT2D eigenvalue weighted by molar-refractivity contribution is 5.80. The second kappa shape index (κ2) is 6.40. The van der Waals surface area contributed by atoms with Gasteiger partial charge in [-0.3, -0.25) is 4.79 Å². The molecular formula is C14H22N2O2. The van der Waals surface area contributed by atoms with Gasteiger partial charge in [0.2, 0.25) is 5.91 Å². The van der Waals surface area contributed by atoms with Gasteiger partial charge in [0, 0.05) is 7.05 Å². The lowest BCUT2D eigenvalue weighted by molar-refractivity contribution is -0.131. The van der Waals surface area contributed by atoms with Crippen LogP contribution in [-0.4, -0.2) is 37.0 Å². The van der Waals surface area contributed by atoms with E-state index < -0.39 is 6.04 Å². The van der Waals surface area contributed by atoms with Gasteiger partial charge in [-0.25, -0.2) is 0 Å². The van der Waals surface area contributed by atoms with E-state index in [0.717, 1.165) is 5.75 Å². The van der Waals surface area contributed by atoms with Crippen molar-refractivity contribution in [3.05, 3.63) is 29.3 Å². The summed E-state index contributed by atoms with van der Waals surface area (Å²) in [4.78, 5) is 13.1. The summed E-state index contributed by atoms with van der Waals surface area (Å²) in [5, 5.41) is 0. The van der Waals surface area contributed by atoms with E-state index >= 15 is 0 Å². The number of carbonyl (C=O) groups excluding carboxylic acids is 1. The number of likely N-dealkylation sites (N-methyl/N-ethyl adjacent to an activating group) is 1. The molecule has 100 valence electrons. The van der Waals surface area contributed by atoms with E-state index in [4.69, 9.17) is 10.5 Å². The first kappa shape index (κ1) is 14.5. The topological polar surface area (TPSA) is 55.6 Å². The van der Waals surface area contributed by atoms with Crippen molar-refractivity contribution in [1.29, 1.82) is 0 Å². The van der Waals surface area contributed by atoms with E-state index in [-0.39, 0.29) is 5.91 Å². The quantitative estimate of drug-likeness (QED) is 0.861. The Labute approximate surface area is 109 Å². The van der Waals surface area contributed by atoms with Crippen LogP contribution in [0.1, 0.15) is 18.1 Å². The van der Waals surface area contributed by atoms with E-state index in [2.05, 4.69) is 6.07 Å². The van der Waals surface area contributed by atoms with Crippen molar-refractivity contribution in [2.45, 2.75) is 26.8 Å². The minimum absolute atomic E-state index is 0.0703. The zero-order chi connectivity index (χ0) is 13.7. The zero-order valence-corrected chi connectivity index (χ0v) is 11.6. The lowest BCUT2D eigenvalue weighted by Gasteiger charge is -2.19. The molecule has 0 saturated heterocycles. The van der Waals surface area contributed by atoms with Gasteiger partial charge in [-0.1, -0.05) is 6.07 Å². The molecule has 1 amide bonds. The molecule has 1 atom stereocenters. The van der Waals surface area contributed by atoms with E-state index in [1.165, 1.54) is 11.1 Å². The molecule has 0 aliphatic rings. The lowest BCUT2D eigenvalue weighted by Crippen LogP contribution is -2.41. The fourth-order valence-electron chi connectivity index (χ4n) is 1.77. The van der Waals surface area contributed by atoms with Gasteiger partial charge >= 0.3 is 0 Å². The summed E-state index contributed by atoms with van der Waals surface area (Å²) in [5.74, 6) is 0.771. The van der Waals surface area contributed by atoms with Crippen molar-refractivity contribution in [2.24, 2.45) is 5.73 Å². The lowest BCUT2D eigenvalue weighted by atomic mass is 10.1. The van der Waals surface area contributed by atoms with Crippen LogP contribution in [0.5, 0.6) is 5.75 Å². The number of nitrogens with zero attached hydrogens (tertiary/aromatic N) is 1. The highest BCUT2D eigenvalue weighted by Gasteiger charge is 2.12. The molecule has 1 unspecified atom stereocenters. The molecule has 0 radical (unpaired) electrons. The van der Waals surface area contributed by atoms with Crippen molar-refractivity contribution in [1.82, 2.24) is 4.90 Å². The fourth-order valence-corrected chi connectivity index (χ4v) is 1.77. The van der Waals surface area contributed by atoms with Crippen molar-refractivity contribution < 1.29 is 9.53 Å². The third-order valence-electron chi connectivity index (χ3n) is 2.66. The molecule has 4 heteroatoms. The summed E-state index contributed by atoms with van der Waals surface area (Å²) >= 11 is 0. The molecule has 0 heterocycles. The molecule has 0 bridgehead atoms. The minimum atomic E-state index is -0.462. The molecule has 0 aromatic heterocycles. The number of amides is 1. The number of aryl methyl sites for hydroxylation is 2. The first-order valence-electron chi connectivity index (χ1n) is 6.12. The maximum atomic E-state index is 11.5. The number of hydrogen-bond acceptors (Lipinski definition) is 3. The Bertz CT molecular complexity index is 396. The summed E-state index contributed by atoms with van der Waals surface area (Å²) in [6.07, 6.45) is 0. The molecular weight excluding hydrogens is 228 g/mol. The number of hydrogen-bond donors (Lipinski definition) is 1. The number of carbonyl (C=O) groups is 1. The van der Waals surface area contributed by atoms with Crippen LogP contribution in [0, 0.1) is 13.8 Å². The average molecular weight is 250 g/mol. The SMILES string of the molecule is Cc1cc(C)cc(OCCN(C)C(=O)C(C)N)c1. The largest absolute Gasteiger partial charge is 0.492 e. The van der Waals surface area contributed by atoms with Crippen LogP contribution in [-0.2, 0) is 4.79 Å². The summed E-state index contributed by atoms with van der Waals surface area (Å²) in [7, 11) is 1.73. The van der Waals surface area contributed by atoms with Gasteiger partial charge in [0.15, 0.2) is 0 Å². The van der Waals surface area contributed by atoms with Crippen LogP contribution in [0.15, 0.2) is 18.2 Å².